The van der Waals surface area contributed by atoms with Crippen LogP contribution in [0.3, 0.4) is 0 Å². The van der Waals surface area contributed by atoms with E-state index in [1.165, 1.54) is 6.92 Å². The molecule has 15 heavy (non-hydrogen) atoms. The number of benzene rings is 1. The Morgan fingerprint density at radius 1 is 1.27 bits per heavy atom. The van der Waals surface area contributed by atoms with Crippen LogP contribution in [0.25, 0.3) is 0 Å². The van der Waals surface area contributed by atoms with Gasteiger partial charge in [-0.25, -0.2) is 0 Å². The molecule has 0 spiro atoms. The number of Topliss-reactive ketones (excluding diaryl/α,β-unsaturated/α-hetero) is 1. The van der Waals surface area contributed by atoms with Gasteiger partial charge in [0.15, 0.2) is 0 Å². The van der Waals surface area contributed by atoms with Gasteiger partial charge in [0.05, 0.1) is 22.2 Å². The maximum atomic E-state index is 11.6. The standard InChI is InChI=1S/C10H9Cl2NO2/c1-6(14)5-13-10(15)9-7(11)3-2-4-8(9)12/h2-4H,5H2,1H3,(H,13,15). The summed E-state index contributed by atoms with van der Waals surface area (Å²) in [5.74, 6) is -0.577. The maximum Gasteiger partial charge on any atom is 0.254 e. The highest BCUT2D eigenvalue weighted by molar-refractivity contribution is 6.39. The van der Waals surface area contributed by atoms with E-state index in [1.807, 2.05) is 0 Å². The van der Waals surface area contributed by atoms with Gasteiger partial charge in [0.1, 0.15) is 5.78 Å². The molecule has 1 aromatic rings. The third-order valence-electron chi connectivity index (χ3n) is 1.69. The number of halogens is 2. The largest absolute Gasteiger partial charge is 0.345 e. The normalized spacial score (nSPS) is 9.80. The molecule has 0 bridgehead atoms. The zero-order valence-electron chi connectivity index (χ0n) is 8.01. The van der Waals surface area contributed by atoms with Crippen molar-refractivity contribution in [1.82, 2.24) is 5.32 Å². The van der Waals surface area contributed by atoms with Crippen molar-refractivity contribution in [1.29, 1.82) is 0 Å². The van der Waals surface area contributed by atoms with E-state index in [9.17, 15) is 9.59 Å². The fraction of sp³-hybridized carbons (Fsp3) is 0.200. The van der Waals surface area contributed by atoms with Gasteiger partial charge in [0.2, 0.25) is 0 Å². The lowest BCUT2D eigenvalue weighted by Gasteiger charge is -2.06. The van der Waals surface area contributed by atoms with Gasteiger partial charge in [0.25, 0.3) is 5.91 Å². The summed E-state index contributed by atoms with van der Waals surface area (Å²) >= 11 is 11.6. The Morgan fingerprint density at radius 2 is 1.80 bits per heavy atom. The maximum absolute atomic E-state index is 11.6. The summed E-state index contributed by atoms with van der Waals surface area (Å²) < 4.78 is 0. The number of ketones is 1. The number of nitrogens with one attached hydrogen (secondary N) is 1. The van der Waals surface area contributed by atoms with Crippen LogP contribution in [0.2, 0.25) is 10.0 Å². The first-order valence-electron chi connectivity index (χ1n) is 4.24. The van der Waals surface area contributed by atoms with Crippen molar-refractivity contribution in [2.75, 3.05) is 6.54 Å². The Labute approximate surface area is 97.4 Å². The van der Waals surface area contributed by atoms with Crippen LogP contribution in [0, 0.1) is 0 Å². The fourth-order valence-electron chi connectivity index (χ4n) is 1.01. The molecule has 1 rings (SSSR count). The first-order valence-corrected chi connectivity index (χ1v) is 4.99. The second-order valence-corrected chi connectivity index (χ2v) is 3.80. The summed E-state index contributed by atoms with van der Waals surface area (Å²) in [6, 6.07) is 4.78. The topological polar surface area (TPSA) is 46.2 Å². The molecule has 0 radical (unpaired) electrons. The number of carbonyl (C=O) groups is 2. The van der Waals surface area contributed by atoms with Gasteiger partial charge in [-0.2, -0.15) is 0 Å². The molecule has 1 N–H and O–H groups in total. The fourth-order valence-corrected chi connectivity index (χ4v) is 1.58. The van der Waals surface area contributed by atoms with E-state index in [4.69, 9.17) is 23.2 Å². The molecule has 0 saturated heterocycles. The molecule has 3 nitrogen and oxygen atoms in total. The Morgan fingerprint density at radius 3 is 2.27 bits per heavy atom. The molecule has 0 aliphatic rings. The van der Waals surface area contributed by atoms with E-state index in [-0.39, 0.29) is 27.9 Å². The number of hydrogen-bond acceptors (Lipinski definition) is 2. The highest BCUT2D eigenvalue weighted by Crippen LogP contribution is 2.23. The van der Waals surface area contributed by atoms with Gasteiger partial charge in [-0.05, 0) is 19.1 Å². The predicted molar refractivity (Wildman–Crippen MR) is 59.5 cm³/mol. The number of carbonyl (C=O) groups excluding carboxylic acids is 2. The molecule has 0 aromatic heterocycles. The molecule has 0 aliphatic heterocycles. The smallest absolute Gasteiger partial charge is 0.254 e. The Bertz CT molecular complexity index is 384. The average molecular weight is 246 g/mol. The number of amides is 1. The van der Waals surface area contributed by atoms with E-state index in [0.29, 0.717) is 0 Å². The van der Waals surface area contributed by atoms with Gasteiger partial charge in [-0.3, -0.25) is 9.59 Å². The van der Waals surface area contributed by atoms with Crippen molar-refractivity contribution in [2.24, 2.45) is 0 Å². The van der Waals surface area contributed by atoms with Crippen molar-refractivity contribution in [3.8, 4) is 0 Å². The lowest BCUT2D eigenvalue weighted by atomic mass is 10.2. The molecule has 0 fully saturated rings. The van der Waals surface area contributed by atoms with Crippen molar-refractivity contribution < 1.29 is 9.59 Å². The van der Waals surface area contributed by atoms with Crippen LogP contribution in [-0.2, 0) is 4.79 Å². The minimum atomic E-state index is -0.444. The molecular weight excluding hydrogens is 237 g/mol. The minimum Gasteiger partial charge on any atom is -0.345 e. The Hall–Kier alpha value is -1.06. The Balaban J connectivity index is 2.86. The highest BCUT2D eigenvalue weighted by atomic mass is 35.5. The summed E-state index contributed by atoms with van der Waals surface area (Å²) in [6.07, 6.45) is 0. The second-order valence-electron chi connectivity index (χ2n) is 2.98. The first kappa shape index (κ1) is 12.0. The monoisotopic (exact) mass is 245 g/mol. The highest BCUT2D eigenvalue weighted by Gasteiger charge is 2.13. The zero-order valence-corrected chi connectivity index (χ0v) is 9.52. The van der Waals surface area contributed by atoms with Crippen LogP contribution in [-0.4, -0.2) is 18.2 Å². The molecular formula is C10H9Cl2NO2. The molecule has 0 unspecified atom stereocenters. The van der Waals surface area contributed by atoms with Gasteiger partial charge >= 0.3 is 0 Å². The van der Waals surface area contributed by atoms with Gasteiger partial charge in [-0.1, -0.05) is 29.3 Å². The molecule has 0 aliphatic carbocycles. The van der Waals surface area contributed by atoms with Crippen molar-refractivity contribution >= 4 is 34.9 Å². The average Bonchev–Trinajstić information content (AvgIpc) is 2.14. The molecule has 0 saturated carbocycles. The summed E-state index contributed by atoms with van der Waals surface area (Å²) in [4.78, 5) is 22.2. The van der Waals surface area contributed by atoms with Crippen LogP contribution in [0.15, 0.2) is 18.2 Å². The van der Waals surface area contributed by atoms with E-state index in [2.05, 4.69) is 5.32 Å². The lowest BCUT2D eigenvalue weighted by Crippen LogP contribution is -2.28. The quantitative estimate of drug-likeness (QED) is 0.889. The summed E-state index contributed by atoms with van der Waals surface area (Å²) in [6.45, 7) is 1.36. The zero-order chi connectivity index (χ0) is 11.4. The van der Waals surface area contributed by atoms with Crippen LogP contribution in [0.5, 0.6) is 0 Å². The van der Waals surface area contributed by atoms with E-state index in [0.717, 1.165) is 0 Å². The van der Waals surface area contributed by atoms with Gasteiger partial charge in [0, 0.05) is 0 Å². The van der Waals surface area contributed by atoms with Gasteiger partial charge < -0.3 is 5.32 Å². The van der Waals surface area contributed by atoms with Crippen LogP contribution >= 0.6 is 23.2 Å². The van der Waals surface area contributed by atoms with Gasteiger partial charge in [-0.15, -0.1) is 0 Å². The molecule has 1 aromatic carbocycles. The van der Waals surface area contributed by atoms with Crippen LogP contribution in [0.1, 0.15) is 17.3 Å². The predicted octanol–water partition coefficient (Wildman–Crippen LogP) is 2.31. The Kier molecular flexibility index (Phi) is 4.12. The summed E-state index contributed by atoms with van der Waals surface area (Å²) in [7, 11) is 0. The van der Waals surface area contributed by atoms with Crippen molar-refractivity contribution in [3.63, 3.8) is 0 Å². The molecule has 1 amide bonds. The molecule has 0 heterocycles. The summed E-state index contributed by atoms with van der Waals surface area (Å²) in [5, 5.41) is 2.96. The summed E-state index contributed by atoms with van der Waals surface area (Å²) in [5.41, 5.74) is 0.196. The lowest BCUT2D eigenvalue weighted by molar-refractivity contribution is -0.116. The van der Waals surface area contributed by atoms with E-state index in [1.54, 1.807) is 18.2 Å². The second kappa shape index (κ2) is 5.14. The molecule has 0 atom stereocenters. The van der Waals surface area contributed by atoms with E-state index < -0.39 is 5.91 Å². The van der Waals surface area contributed by atoms with Crippen LogP contribution < -0.4 is 5.32 Å². The molecule has 80 valence electrons. The third-order valence-corrected chi connectivity index (χ3v) is 2.32. The van der Waals surface area contributed by atoms with Crippen LogP contribution in [0.4, 0.5) is 0 Å². The van der Waals surface area contributed by atoms with E-state index >= 15 is 0 Å². The van der Waals surface area contributed by atoms with Crippen molar-refractivity contribution in [3.05, 3.63) is 33.8 Å². The third kappa shape index (κ3) is 3.22. The molecule has 5 heteroatoms. The SMILES string of the molecule is CC(=O)CNC(=O)c1c(Cl)cccc1Cl. The minimum absolute atomic E-state index is 0.0274. The number of hydrogen-bond donors (Lipinski definition) is 1. The first-order chi connectivity index (χ1) is 7.02. The number of rotatable bonds is 3. The van der Waals surface area contributed by atoms with Crippen molar-refractivity contribution in [2.45, 2.75) is 6.92 Å².